The van der Waals surface area contributed by atoms with Crippen molar-refractivity contribution >= 4 is 21.6 Å². The van der Waals surface area contributed by atoms with Crippen LogP contribution in [-0.4, -0.2) is 44.9 Å². The number of nitrogens with zero attached hydrogens (tertiary/aromatic N) is 1. The lowest BCUT2D eigenvalue weighted by molar-refractivity contribution is -0.118. The zero-order valence-corrected chi connectivity index (χ0v) is 17.3. The lowest BCUT2D eigenvalue weighted by Gasteiger charge is -2.25. The topological polar surface area (TPSA) is 84.9 Å². The number of hydrogen-bond acceptors (Lipinski definition) is 5. The van der Waals surface area contributed by atoms with E-state index in [9.17, 15) is 13.2 Å². The highest BCUT2D eigenvalue weighted by molar-refractivity contribution is 7.89. The third-order valence-corrected chi connectivity index (χ3v) is 6.51. The van der Waals surface area contributed by atoms with Gasteiger partial charge in [-0.2, -0.15) is 4.31 Å². The number of carbonyl (C=O) groups is 1. The van der Waals surface area contributed by atoms with Crippen LogP contribution in [0.5, 0.6) is 11.5 Å². The highest BCUT2D eigenvalue weighted by Gasteiger charge is 2.25. The number of sulfonamides is 1. The average molecular weight is 419 g/mol. The van der Waals surface area contributed by atoms with E-state index in [4.69, 9.17) is 9.47 Å². The van der Waals surface area contributed by atoms with E-state index in [1.807, 2.05) is 13.0 Å². The highest BCUT2D eigenvalue weighted by Crippen LogP contribution is 2.26. The molecule has 0 radical (unpaired) electrons. The van der Waals surface area contributed by atoms with Gasteiger partial charge in [-0.15, -0.1) is 0 Å². The molecule has 1 amide bonds. The molecular formula is C21H26N2O5S. The van der Waals surface area contributed by atoms with Gasteiger partial charge in [0.2, 0.25) is 10.0 Å². The molecule has 0 unspecified atom stereocenters. The Kier molecular flexibility index (Phi) is 7.11. The molecule has 0 atom stereocenters. The van der Waals surface area contributed by atoms with Gasteiger partial charge in [-0.3, -0.25) is 4.79 Å². The number of para-hydroxylation sites is 2. The number of benzene rings is 2. The zero-order chi connectivity index (χ0) is 20.7. The van der Waals surface area contributed by atoms with Crippen LogP contribution in [0.3, 0.4) is 0 Å². The number of hydrogen-bond donors (Lipinski definition) is 1. The summed E-state index contributed by atoms with van der Waals surface area (Å²) >= 11 is 0. The molecule has 156 valence electrons. The van der Waals surface area contributed by atoms with E-state index in [0.717, 1.165) is 19.3 Å². The second-order valence-electron chi connectivity index (χ2n) is 6.71. The predicted octanol–water partition coefficient (Wildman–Crippen LogP) is 3.28. The number of nitrogens with one attached hydrogen (secondary N) is 1. The summed E-state index contributed by atoms with van der Waals surface area (Å²) in [5, 5.41) is 2.71. The van der Waals surface area contributed by atoms with Gasteiger partial charge in [0.15, 0.2) is 18.1 Å². The van der Waals surface area contributed by atoms with Crippen LogP contribution in [0.4, 0.5) is 5.69 Å². The van der Waals surface area contributed by atoms with Gasteiger partial charge in [0.25, 0.3) is 5.91 Å². The molecule has 1 heterocycles. The first-order chi connectivity index (χ1) is 14.0. The molecule has 8 heteroatoms. The van der Waals surface area contributed by atoms with E-state index in [0.29, 0.717) is 36.9 Å². The van der Waals surface area contributed by atoms with Crippen molar-refractivity contribution in [3.8, 4) is 11.5 Å². The maximum absolute atomic E-state index is 12.7. The van der Waals surface area contributed by atoms with Crippen LogP contribution in [0.15, 0.2) is 53.4 Å². The summed E-state index contributed by atoms with van der Waals surface area (Å²) in [6.45, 7) is 3.30. The van der Waals surface area contributed by atoms with Crippen molar-refractivity contribution in [1.29, 1.82) is 0 Å². The Morgan fingerprint density at radius 2 is 1.59 bits per heavy atom. The second-order valence-corrected chi connectivity index (χ2v) is 8.64. The van der Waals surface area contributed by atoms with Gasteiger partial charge in [-0.1, -0.05) is 18.6 Å². The molecule has 2 aromatic carbocycles. The highest BCUT2D eigenvalue weighted by atomic mass is 32.2. The maximum Gasteiger partial charge on any atom is 0.262 e. The van der Waals surface area contributed by atoms with Crippen LogP contribution in [0.1, 0.15) is 26.2 Å². The number of rotatable bonds is 8. The van der Waals surface area contributed by atoms with Crippen molar-refractivity contribution in [3.63, 3.8) is 0 Å². The van der Waals surface area contributed by atoms with Gasteiger partial charge in [0.1, 0.15) is 0 Å². The molecule has 0 aliphatic carbocycles. The van der Waals surface area contributed by atoms with Crippen molar-refractivity contribution in [2.24, 2.45) is 0 Å². The van der Waals surface area contributed by atoms with Crippen molar-refractivity contribution in [2.75, 3.05) is 31.6 Å². The fourth-order valence-electron chi connectivity index (χ4n) is 3.15. The summed E-state index contributed by atoms with van der Waals surface area (Å²) in [4.78, 5) is 12.4. The molecule has 3 rings (SSSR count). The molecular weight excluding hydrogens is 392 g/mol. The van der Waals surface area contributed by atoms with Crippen LogP contribution >= 0.6 is 0 Å². The monoisotopic (exact) mass is 418 g/mol. The van der Waals surface area contributed by atoms with Gasteiger partial charge in [-0.25, -0.2) is 8.42 Å². The van der Waals surface area contributed by atoms with E-state index >= 15 is 0 Å². The van der Waals surface area contributed by atoms with E-state index in [2.05, 4.69) is 5.32 Å². The molecule has 7 nitrogen and oxygen atoms in total. The van der Waals surface area contributed by atoms with E-state index < -0.39 is 10.0 Å². The molecule has 0 saturated carbocycles. The van der Waals surface area contributed by atoms with Gasteiger partial charge in [-0.05, 0) is 56.2 Å². The second kappa shape index (κ2) is 9.76. The summed E-state index contributed by atoms with van der Waals surface area (Å²) in [6.07, 6.45) is 2.84. The Labute approximate surface area is 171 Å². The zero-order valence-electron chi connectivity index (χ0n) is 16.5. The minimum Gasteiger partial charge on any atom is -0.490 e. The minimum absolute atomic E-state index is 0.183. The van der Waals surface area contributed by atoms with Crippen LogP contribution in [0.2, 0.25) is 0 Å². The first kappa shape index (κ1) is 21.1. The van der Waals surface area contributed by atoms with E-state index in [1.54, 1.807) is 30.3 Å². The largest absolute Gasteiger partial charge is 0.490 e. The van der Waals surface area contributed by atoms with Crippen LogP contribution in [0.25, 0.3) is 0 Å². The molecule has 1 N–H and O–H groups in total. The molecule has 1 fully saturated rings. The predicted molar refractivity (Wildman–Crippen MR) is 111 cm³/mol. The van der Waals surface area contributed by atoms with Crippen molar-refractivity contribution < 1.29 is 22.7 Å². The number of piperidine rings is 1. The summed E-state index contributed by atoms with van der Waals surface area (Å²) < 4.78 is 37.9. The molecule has 1 saturated heterocycles. The molecule has 2 aromatic rings. The normalized spacial score (nSPS) is 14.9. The summed E-state index contributed by atoms with van der Waals surface area (Å²) in [5.74, 6) is 0.727. The van der Waals surface area contributed by atoms with Gasteiger partial charge in [0, 0.05) is 18.8 Å². The van der Waals surface area contributed by atoms with Gasteiger partial charge in [0.05, 0.1) is 11.5 Å². The smallest absolute Gasteiger partial charge is 0.262 e. The number of amides is 1. The number of ether oxygens (including phenoxy) is 2. The van der Waals surface area contributed by atoms with Crippen molar-refractivity contribution in [3.05, 3.63) is 48.5 Å². The lowest BCUT2D eigenvalue weighted by Crippen LogP contribution is -2.35. The van der Waals surface area contributed by atoms with Gasteiger partial charge < -0.3 is 14.8 Å². The van der Waals surface area contributed by atoms with Crippen molar-refractivity contribution in [1.82, 2.24) is 4.31 Å². The molecule has 0 spiro atoms. The molecule has 0 bridgehead atoms. The van der Waals surface area contributed by atoms with Crippen molar-refractivity contribution in [2.45, 2.75) is 31.1 Å². The van der Waals surface area contributed by atoms with Crippen LogP contribution in [-0.2, 0) is 14.8 Å². The Morgan fingerprint density at radius 3 is 2.21 bits per heavy atom. The third-order valence-electron chi connectivity index (χ3n) is 4.60. The minimum atomic E-state index is -3.48. The summed E-state index contributed by atoms with van der Waals surface area (Å²) in [7, 11) is -3.48. The van der Waals surface area contributed by atoms with Gasteiger partial charge >= 0.3 is 0 Å². The quantitative estimate of drug-likeness (QED) is 0.711. The molecule has 29 heavy (non-hydrogen) atoms. The lowest BCUT2D eigenvalue weighted by atomic mass is 10.2. The first-order valence-electron chi connectivity index (χ1n) is 9.75. The standard InChI is InChI=1S/C21H26N2O5S/c1-2-27-19-8-4-5-9-20(19)28-16-21(24)22-17-10-12-18(13-11-17)29(25,26)23-14-6-3-7-15-23/h4-5,8-13H,2-3,6-7,14-16H2,1H3,(H,22,24). The summed E-state index contributed by atoms with van der Waals surface area (Å²) in [5.41, 5.74) is 0.509. The van der Waals surface area contributed by atoms with E-state index in [1.165, 1.54) is 16.4 Å². The fourth-order valence-corrected chi connectivity index (χ4v) is 4.67. The summed E-state index contributed by atoms with van der Waals surface area (Å²) in [6, 6.07) is 13.4. The van der Waals surface area contributed by atoms with Crippen LogP contribution in [0, 0.1) is 0 Å². The third kappa shape index (κ3) is 5.48. The molecule has 1 aliphatic heterocycles. The van der Waals surface area contributed by atoms with Crippen LogP contribution < -0.4 is 14.8 Å². The SMILES string of the molecule is CCOc1ccccc1OCC(=O)Nc1ccc(S(=O)(=O)N2CCCCC2)cc1. The Morgan fingerprint density at radius 1 is 0.966 bits per heavy atom. The van der Waals surface area contributed by atoms with E-state index in [-0.39, 0.29) is 17.4 Å². The Hall–Kier alpha value is -2.58. The Balaban J connectivity index is 1.57. The fraction of sp³-hybridized carbons (Fsp3) is 0.381. The molecule has 1 aliphatic rings. The number of carbonyl (C=O) groups excluding carboxylic acids is 1. The number of anilines is 1. The molecule has 0 aromatic heterocycles. The first-order valence-corrected chi connectivity index (χ1v) is 11.2. The Bertz CT molecular complexity index is 922. The average Bonchev–Trinajstić information content (AvgIpc) is 2.74. The maximum atomic E-state index is 12.7.